The maximum atomic E-state index is 12.7. The van der Waals surface area contributed by atoms with Crippen LogP contribution in [0.3, 0.4) is 0 Å². The standard InChI is InChI=1S/C9H8FN3S/c10-7-2-1-3-8(13-7)12-6-9-11-4-5-14-9/h1-5H,6H2,(H,12,13). The van der Waals surface area contributed by atoms with Gasteiger partial charge in [0.25, 0.3) is 0 Å². The van der Waals surface area contributed by atoms with Crippen molar-refractivity contribution in [2.24, 2.45) is 0 Å². The number of anilines is 1. The van der Waals surface area contributed by atoms with Gasteiger partial charge in [0, 0.05) is 11.6 Å². The first-order chi connectivity index (χ1) is 6.84. The number of nitrogens with zero attached hydrogens (tertiary/aromatic N) is 2. The fourth-order valence-electron chi connectivity index (χ4n) is 1.01. The van der Waals surface area contributed by atoms with Crippen molar-refractivity contribution in [3.05, 3.63) is 40.7 Å². The quantitative estimate of drug-likeness (QED) is 0.788. The predicted molar refractivity (Wildman–Crippen MR) is 53.6 cm³/mol. The van der Waals surface area contributed by atoms with Gasteiger partial charge in [-0.25, -0.2) is 9.97 Å². The summed E-state index contributed by atoms with van der Waals surface area (Å²) in [6.45, 7) is 0.578. The molecule has 0 fully saturated rings. The van der Waals surface area contributed by atoms with E-state index in [0.29, 0.717) is 12.4 Å². The number of halogens is 1. The fourth-order valence-corrected chi connectivity index (χ4v) is 1.57. The van der Waals surface area contributed by atoms with Crippen LogP contribution < -0.4 is 5.32 Å². The lowest BCUT2D eigenvalue weighted by Gasteiger charge is -2.01. The minimum absolute atomic E-state index is 0.478. The molecule has 0 saturated carbocycles. The zero-order chi connectivity index (χ0) is 9.80. The maximum Gasteiger partial charge on any atom is 0.214 e. The molecule has 0 atom stereocenters. The molecule has 5 heteroatoms. The van der Waals surface area contributed by atoms with Crippen LogP contribution in [0.5, 0.6) is 0 Å². The summed E-state index contributed by atoms with van der Waals surface area (Å²) in [6, 6.07) is 4.65. The average Bonchev–Trinajstić information content (AvgIpc) is 2.67. The Balaban J connectivity index is 1.98. The topological polar surface area (TPSA) is 37.8 Å². The van der Waals surface area contributed by atoms with Crippen LogP contribution in [0.25, 0.3) is 0 Å². The lowest BCUT2D eigenvalue weighted by molar-refractivity contribution is 0.585. The van der Waals surface area contributed by atoms with E-state index in [0.717, 1.165) is 5.01 Å². The van der Waals surface area contributed by atoms with Crippen LogP contribution >= 0.6 is 11.3 Å². The first-order valence-corrected chi connectivity index (χ1v) is 4.97. The molecule has 0 saturated heterocycles. The molecule has 2 rings (SSSR count). The third kappa shape index (κ3) is 2.26. The Bertz CT molecular complexity index is 402. The number of hydrogen-bond donors (Lipinski definition) is 1. The zero-order valence-electron chi connectivity index (χ0n) is 7.27. The molecular weight excluding hydrogens is 201 g/mol. The van der Waals surface area contributed by atoms with Crippen LogP contribution in [0, 0.1) is 5.95 Å². The Morgan fingerprint density at radius 1 is 1.43 bits per heavy atom. The molecule has 2 aromatic heterocycles. The summed E-state index contributed by atoms with van der Waals surface area (Å²) in [4.78, 5) is 7.76. The van der Waals surface area contributed by atoms with E-state index in [1.807, 2.05) is 5.38 Å². The molecule has 0 aromatic carbocycles. The first kappa shape index (κ1) is 9.08. The molecule has 0 spiro atoms. The summed E-state index contributed by atoms with van der Waals surface area (Å²) in [5, 5.41) is 5.84. The van der Waals surface area contributed by atoms with E-state index >= 15 is 0 Å². The summed E-state index contributed by atoms with van der Waals surface area (Å²) in [5.41, 5.74) is 0. The van der Waals surface area contributed by atoms with Crippen LogP contribution in [0.1, 0.15) is 5.01 Å². The number of thiazole rings is 1. The Kier molecular flexibility index (Phi) is 2.69. The van der Waals surface area contributed by atoms with E-state index in [-0.39, 0.29) is 0 Å². The molecule has 72 valence electrons. The normalized spacial score (nSPS) is 10.1. The Morgan fingerprint density at radius 3 is 3.07 bits per heavy atom. The summed E-state index contributed by atoms with van der Waals surface area (Å²) in [5.74, 6) is 0.0503. The van der Waals surface area contributed by atoms with Gasteiger partial charge >= 0.3 is 0 Å². The third-order valence-corrected chi connectivity index (χ3v) is 2.40. The Morgan fingerprint density at radius 2 is 2.36 bits per heavy atom. The van der Waals surface area contributed by atoms with Gasteiger partial charge in [0.15, 0.2) is 0 Å². The van der Waals surface area contributed by atoms with Crippen LogP contribution in [0.2, 0.25) is 0 Å². The molecule has 0 unspecified atom stereocenters. The van der Waals surface area contributed by atoms with Gasteiger partial charge in [-0.2, -0.15) is 4.39 Å². The maximum absolute atomic E-state index is 12.7. The SMILES string of the molecule is Fc1cccc(NCc2nccs2)n1. The molecular formula is C9H8FN3S. The van der Waals surface area contributed by atoms with Crippen molar-refractivity contribution in [3.8, 4) is 0 Å². The van der Waals surface area contributed by atoms with Gasteiger partial charge in [0.05, 0.1) is 6.54 Å². The highest BCUT2D eigenvalue weighted by Gasteiger charge is 1.97. The van der Waals surface area contributed by atoms with E-state index < -0.39 is 5.95 Å². The van der Waals surface area contributed by atoms with Crippen molar-refractivity contribution in [3.63, 3.8) is 0 Å². The number of pyridine rings is 1. The molecule has 0 bridgehead atoms. The van der Waals surface area contributed by atoms with Gasteiger partial charge in [-0.05, 0) is 12.1 Å². The minimum atomic E-state index is -0.478. The van der Waals surface area contributed by atoms with Crippen molar-refractivity contribution >= 4 is 17.2 Å². The van der Waals surface area contributed by atoms with Gasteiger partial charge < -0.3 is 5.32 Å². The van der Waals surface area contributed by atoms with E-state index in [1.165, 1.54) is 6.07 Å². The highest BCUT2D eigenvalue weighted by Crippen LogP contribution is 2.08. The lowest BCUT2D eigenvalue weighted by atomic mass is 10.4. The second-order valence-corrected chi connectivity index (χ2v) is 3.60. The molecule has 0 radical (unpaired) electrons. The fraction of sp³-hybridized carbons (Fsp3) is 0.111. The summed E-state index contributed by atoms with van der Waals surface area (Å²) in [7, 11) is 0. The van der Waals surface area contributed by atoms with Crippen LogP contribution in [0.4, 0.5) is 10.2 Å². The van der Waals surface area contributed by atoms with Gasteiger partial charge in [0.1, 0.15) is 10.8 Å². The third-order valence-electron chi connectivity index (χ3n) is 1.62. The van der Waals surface area contributed by atoms with Crippen LogP contribution in [-0.2, 0) is 6.54 Å². The van der Waals surface area contributed by atoms with Gasteiger partial charge in [-0.15, -0.1) is 11.3 Å². The second-order valence-electron chi connectivity index (χ2n) is 2.62. The van der Waals surface area contributed by atoms with Crippen LogP contribution in [0.15, 0.2) is 29.8 Å². The smallest absolute Gasteiger partial charge is 0.214 e. The summed E-state index contributed by atoms with van der Waals surface area (Å²) in [6.07, 6.45) is 1.74. The number of rotatable bonds is 3. The molecule has 0 aliphatic rings. The van der Waals surface area contributed by atoms with E-state index in [9.17, 15) is 4.39 Å². The van der Waals surface area contributed by atoms with Crippen molar-refractivity contribution in [1.82, 2.24) is 9.97 Å². The highest BCUT2D eigenvalue weighted by molar-refractivity contribution is 7.09. The van der Waals surface area contributed by atoms with Gasteiger partial charge in [-0.3, -0.25) is 0 Å². The molecule has 1 N–H and O–H groups in total. The van der Waals surface area contributed by atoms with Gasteiger partial charge in [-0.1, -0.05) is 6.07 Å². The molecule has 14 heavy (non-hydrogen) atoms. The summed E-state index contributed by atoms with van der Waals surface area (Å²) >= 11 is 1.55. The van der Waals surface area contributed by atoms with Crippen molar-refractivity contribution in [2.75, 3.05) is 5.32 Å². The molecule has 3 nitrogen and oxygen atoms in total. The summed E-state index contributed by atoms with van der Waals surface area (Å²) < 4.78 is 12.7. The lowest BCUT2D eigenvalue weighted by Crippen LogP contribution is -2.01. The average molecular weight is 209 g/mol. The van der Waals surface area contributed by atoms with E-state index in [4.69, 9.17) is 0 Å². The van der Waals surface area contributed by atoms with Crippen molar-refractivity contribution in [1.29, 1.82) is 0 Å². The molecule has 2 heterocycles. The largest absolute Gasteiger partial charge is 0.363 e. The second kappa shape index (κ2) is 4.15. The Labute approximate surface area is 84.6 Å². The molecule has 2 aromatic rings. The van der Waals surface area contributed by atoms with Crippen LogP contribution in [-0.4, -0.2) is 9.97 Å². The number of hydrogen-bond acceptors (Lipinski definition) is 4. The van der Waals surface area contributed by atoms with E-state index in [1.54, 1.807) is 29.7 Å². The minimum Gasteiger partial charge on any atom is -0.363 e. The number of aromatic nitrogens is 2. The molecule has 0 amide bonds. The first-order valence-electron chi connectivity index (χ1n) is 4.09. The monoisotopic (exact) mass is 209 g/mol. The highest BCUT2D eigenvalue weighted by atomic mass is 32.1. The predicted octanol–water partition coefficient (Wildman–Crippen LogP) is 2.29. The zero-order valence-corrected chi connectivity index (χ0v) is 8.09. The Hall–Kier alpha value is -1.49. The molecule has 0 aliphatic heterocycles. The van der Waals surface area contributed by atoms with Gasteiger partial charge in [0.2, 0.25) is 5.95 Å². The molecule has 0 aliphatic carbocycles. The van der Waals surface area contributed by atoms with E-state index in [2.05, 4.69) is 15.3 Å². The number of nitrogens with one attached hydrogen (secondary N) is 1. The van der Waals surface area contributed by atoms with Crippen molar-refractivity contribution in [2.45, 2.75) is 6.54 Å². The van der Waals surface area contributed by atoms with Crippen molar-refractivity contribution < 1.29 is 4.39 Å².